The fourth-order valence-electron chi connectivity index (χ4n) is 11.4. The van der Waals surface area contributed by atoms with Crippen molar-refractivity contribution in [3.05, 3.63) is 307 Å². The second kappa shape index (κ2) is 18.2. The summed E-state index contributed by atoms with van der Waals surface area (Å²) in [5, 5.41) is 5.39. The first kappa shape index (κ1) is 43.3. The highest BCUT2D eigenvalue weighted by Gasteiger charge is 2.46. The molecule has 1 aliphatic carbocycles. The summed E-state index contributed by atoms with van der Waals surface area (Å²) in [6, 6.07) is 90.3. The van der Waals surface area contributed by atoms with Crippen LogP contribution in [-0.2, 0) is 5.41 Å². The Kier molecular flexibility index (Phi) is 11.1. The number of aromatic nitrogens is 1. The summed E-state index contributed by atoms with van der Waals surface area (Å²) < 4.78 is 2.40. The van der Waals surface area contributed by atoms with Crippen LogP contribution < -0.4 is 4.90 Å². The minimum absolute atomic E-state index is 0.488. The van der Waals surface area contributed by atoms with Gasteiger partial charge in [0.2, 0.25) is 0 Å². The van der Waals surface area contributed by atoms with Gasteiger partial charge in [0.25, 0.3) is 0 Å². The van der Waals surface area contributed by atoms with Gasteiger partial charge in [0.05, 0.1) is 22.0 Å². The van der Waals surface area contributed by atoms with E-state index in [9.17, 15) is 0 Å². The first-order valence-corrected chi connectivity index (χ1v) is 24.6. The van der Waals surface area contributed by atoms with E-state index in [1.54, 1.807) is 0 Å². The van der Waals surface area contributed by atoms with Gasteiger partial charge in [0.1, 0.15) is 0 Å². The van der Waals surface area contributed by atoms with Crippen LogP contribution in [0.15, 0.2) is 279 Å². The molecule has 2 heteroatoms. The maximum Gasteiger partial charge on any atom is 0.0714 e. The van der Waals surface area contributed by atoms with Crippen LogP contribution in [0, 0.1) is 0 Å². The van der Waals surface area contributed by atoms with Gasteiger partial charge in [0.15, 0.2) is 0 Å². The molecule has 0 N–H and O–H groups in total. The molecular formula is C69H52N2. The van der Waals surface area contributed by atoms with Gasteiger partial charge in [-0.2, -0.15) is 0 Å². The first-order chi connectivity index (χ1) is 35.1. The molecule has 0 aliphatic heterocycles. The Labute approximate surface area is 416 Å². The van der Waals surface area contributed by atoms with Crippen molar-refractivity contribution in [1.29, 1.82) is 0 Å². The van der Waals surface area contributed by atoms with Gasteiger partial charge in [-0.3, -0.25) is 0 Å². The summed E-state index contributed by atoms with van der Waals surface area (Å²) in [5.74, 6) is 0. The number of allylic oxidation sites excluding steroid dienone is 5. The molecule has 2 aromatic heterocycles. The Morgan fingerprint density at radius 3 is 1.59 bits per heavy atom. The Morgan fingerprint density at radius 2 is 0.958 bits per heavy atom. The zero-order valence-corrected chi connectivity index (χ0v) is 40.0. The summed E-state index contributed by atoms with van der Waals surface area (Å²) in [6.07, 6.45) is 6.14. The Hall–Kier alpha value is -8.98. The number of benzene rings is 10. The molecule has 2 heterocycles. The predicted octanol–water partition coefficient (Wildman–Crippen LogP) is 18.6. The molecule has 0 saturated heterocycles. The first-order valence-electron chi connectivity index (χ1n) is 24.6. The third-order valence-corrected chi connectivity index (χ3v) is 14.6. The molecule has 0 fully saturated rings. The molecule has 0 bridgehead atoms. The second-order valence-corrected chi connectivity index (χ2v) is 18.4. The zero-order chi connectivity index (χ0) is 47.9. The molecule has 338 valence electrons. The number of para-hydroxylation sites is 3. The van der Waals surface area contributed by atoms with Crippen LogP contribution in [-0.4, -0.2) is 4.40 Å². The van der Waals surface area contributed by atoms with Crippen LogP contribution in [0.25, 0.3) is 65.9 Å². The van der Waals surface area contributed by atoms with Gasteiger partial charge in [-0.15, -0.1) is 0 Å². The molecule has 10 aromatic carbocycles. The van der Waals surface area contributed by atoms with E-state index >= 15 is 0 Å². The summed E-state index contributed by atoms with van der Waals surface area (Å²) >= 11 is 0. The monoisotopic (exact) mass is 908 g/mol. The van der Waals surface area contributed by atoms with E-state index in [4.69, 9.17) is 0 Å². The highest BCUT2D eigenvalue weighted by Crippen LogP contribution is 2.57. The maximum atomic E-state index is 4.03. The number of hydrogen-bond donors (Lipinski definition) is 0. The van der Waals surface area contributed by atoms with Gasteiger partial charge >= 0.3 is 0 Å². The fourth-order valence-corrected chi connectivity index (χ4v) is 11.4. The molecule has 13 rings (SSSR count). The molecule has 0 atom stereocenters. The molecule has 12 aromatic rings. The molecule has 71 heavy (non-hydrogen) atoms. The van der Waals surface area contributed by atoms with Crippen molar-refractivity contribution in [3.63, 3.8) is 0 Å². The summed E-state index contributed by atoms with van der Waals surface area (Å²) in [6.45, 7) is 8.28. The zero-order valence-electron chi connectivity index (χ0n) is 40.0. The van der Waals surface area contributed by atoms with Gasteiger partial charge in [-0.1, -0.05) is 225 Å². The van der Waals surface area contributed by atoms with E-state index in [2.05, 4.69) is 291 Å². The van der Waals surface area contributed by atoms with Crippen molar-refractivity contribution < 1.29 is 0 Å². The highest BCUT2D eigenvalue weighted by atomic mass is 15.1. The van der Waals surface area contributed by atoms with Crippen molar-refractivity contribution in [1.82, 2.24) is 4.40 Å². The molecule has 0 radical (unpaired) electrons. The Bertz CT molecular complexity index is 3830. The smallest absolute Gasteiger partial charge is 0.0714 e. The van der Waals surface area contributed by atoms with Crippen molar-refractivity contribution in [2.45, 2.75) is 19.3 Å². The molecule has 1 aliphatic rings. The van der Waals surface area contributed by atoms with E-state index in [1.807, 2.05) is 6.08 Å². The van der Waals surface area contributed by atoms with Crippen molar-refractivity contribution in [2.24, 2.45) is 0 Å². The van der Waals surface area contributed by atoms with Crippen molar-refractivity contribution in [2.75, 3.05) is 4.90 Å². The van der Waals surface area contributed by atoms with Crippen LogP contribution >= 0.6 is 0 Å². The Morgan fingerprint density at radius 1 is 0.451 bits per heavy atom. The number of hydrogen-bond acceptors (Lipinski definition) is 1. The van der Waals surface area contributed by atoms with E-state index in [1.165, 1.54) is 88.2 Å². The van der Waals surface area contributed by atoms with Crippen LogP contribution in [0.4, 0.5) is 17.1 Å². The largest absolute Gasteiger partial charge is 0.310 e. The van der Waals surface area contributed by atoms with E-state index in [-0.39, 0.29) is 0 Å². The topological polar surface area (TPSA) is 7.65 Å². The van der Waals surface area contributed by atoms with E-state index < -0.39 is 5.41 Å². The lowest BCUT2D eigenvalue weighted by molar-refractivity contribution is 0.768. The minimum Gasteiger partial charge on any atom is -0.310 e. The quantitative estimate of drug-likeness (QED) is 0.131. The SMILES string of the molecule is C=C/C=C(\C(C)=C/C)c1cccc(N(c2ccc(-c3ccccc3)cc2)c2ccc3c(c2)C(c2ccccc2)(c2ccccc2)c2ccccc2-3)c1.c1ccc2c(c1)c1cccc3c4ccccc4n2c13. The normalized spacial score (nSPS) is 13.0. The summed E-state index contributed by atoms with van der Waals surface area (Å²) in [4.78, 5) is 2.40. The van der Waals surface area contributed by atoms with Gasteiger partial charge < -0.3 is 9.30 Å². The third-order valence-electron chi connectivity index (χ3n) is 14.6. The van der Waals surface area contributed by atoms with Gasteiger partial charge in [0, 0.05) is 38.6 Å². The highest BCUT2D eigenvalue weighted by molar-refractivity contribution is 6.23. The van der Waals surface area contributed by atoms with Crippen molar-refractivity contribution >= 4 is 60.7 Å². The number of nitrogens with zero attached hydrogens (tertiary/aromatic N) is 2. The van der Waals surface area contributed by atoms with E-state index in [0.29, 0.717) is 0 Å². The predicted molar refractivity (Wildman–Crippen MR) is 303 cm³/mol. The number of anilines is 3. The van der Waals surface area contributed by atoms with Gasteiger partial charge in [-0.05, 0) is 124 Å². The molecule has 0 unspecified atom stereocenters. The molecule has 0 amide bonds. The number of fused-ring (bicyclic) bond motifs is 9. The van der Waals surface area contributed by atoms with E-state index in [0.717, 1.165) is 28.2 Å². The van der Waals surface area contributed by atoms with Crippen LogP contribution in [0.1, 0.15) is 41.7 Å². The lowest BCUT2D eigenvalue weighted by Gasteiger charge is -2.35. The lowest BCUT2D eigenvalue weighted by Crippen LogP contribution is -2.28. The molecule has 2 nitrogen and oxygen atoms in total. The molecule has 0 spiro atoms. The standard InChI is InChI=1S/C51H41N.C18H11N/c1-4-18-46(37(3)5-2)40-21-17-26-44(35-40)52(43-31-29-39(30-32-43)38-19-9-6-10-20-38)45-33-34-48-47-27-15-16-28-49(47)51(50(48)36-45,41-22-11-7-12-23-41)42-24-13-8-14-25-42;1-3-10-16-12(6-1)14-8-5-9-15-13-7-2-4-11-17(13)19(16)18(14)15/h4-36H,1H2,2-3H3;1-11H/b37-5-,46-18+;. The van der Waals surface area contributed by atoms with Crippen LogP contribution in [0.5, 0.6) is 0 Å². The average molecular weight is 909 g/mol. The van der Waals surface area contributed by atoms with Crippen LogP contribution in [0.2, 0.25) is 0 Å². The van der Waals surface area contributed by atoms with Crippen LogP contribution in [0.3, 0.4) is 0 Å². The average Bonchev–Trinajstić information content (AvgIpc) is 4.07. The number of rotatable bonds is 9. The summed E-state index contributed by atoms with van der Waals surface area (Å²) in [5.41, 5.74) is 20.3. The molecular weight excluding hydrogens is 857 g/mol. The minimum atomic E-state index is -0.488. The second-order valence-electron chi connectivity index (χ2n) is 18.4. The fraction of sp³-hybridized carbons (Fsp3) is 0.0435. The third kappa shape index (κ3) is 7.18. The van der Waals surface area contributed by atoms with Gasteiger partial charge in [-0.25, -0.2) is 0 Å². The lowest BCUT2D eigenvalue weighted by atomic mass is 9.67. The van der Waals surface area contributed by atoms with Crippen molar-refractivity contribution in [3.8, 4) is 22.3 Å². The summed E-state index contributed by atoms with van der Waals surface area (Å²) in [7, 11) is 0. The Balaban J connectivity index is 0.000000224. The molecule has 0 saturated carbocycles. The maximum absolute atomic E-state index is 4.03.